The first-order chi connectivity index (χ1) is 5.24. The second-order valence-corrected chi connectivity index (χ2v) is 2.78. The zero-order valence-corrected chi connectivity index (χ0v) is 6.76. The molecule has 0 saturated heterocycles. The van der Waals surface area contributed by atoms with Crippen molar-refractivity contribution >= 4 is 0 Å². The molecule has 0 radical (unpaired) electrons. The molecule has 1 N–H and O–H groups in total. The lowest BCUT2D eigenvalue weighted by Gasteiger charge is -1.96. The van der Waals surface area contributed by atoms with Gasteiger partial charge in [-0.2, -0.15) is 5.26 Å². The summed E-state index contributed by atoms with van der Waals surface area (Å²) in [5.74, 6) is 1.36. The van der Waals surface area contributed by atoms with Gasteiger partial charge in [0.05, 0.1) is 12.5 Å². The zero-order valence-electron chi connectivity index (χ0n) is 6.76. The molecule has 1 rings (SSSR count). The minimum Gasteiger partial charge on any atom is -0.345 e. The van der Waals surface area contributed by atoms with Gasteiger partial charge in [-0.3, -0.25) is 0 Å². The summed E-state index contributed by atoms with van der Waals surface area (Å²) >= 11 is 0. The van der Waals surface area contributed by atoms with Gasteiger partial charge in [0, 0.05) is 17.8 Å². The Kier molecular flexibility index (Phi) is 2.27. The minimum absolute atomic E-state index is 0.405. The lowest BCUT2D eigenvalue weighted by Crippen LogP contribution is -1.90. The quantitative estimate of drug-likeness (QED) is 0.694. The molecule has 1 heterocycles. The summed E-state index contributed by atoms with van der Waals surface area (Å²) in [6.07, 6.45) is 2.14. The molecular weight excluding hydrogens is 138 g/mol. The van der Waals surface area contributed by atoms with Crippen LogP contribution >= 0.6 is 0 Å². The average molecular weight is 149 g/mol. The van der Waals surface area contributed by atoms with Crippen molar-refractivity contribution in [1.29, 1.82) is 5.26 Å². The van der Waals surface area contributed by atoms with E-state index in [1.54, 1.807) is 6.20 Å². The second-order valence-electron chi connectivity index (χ2n) is 2.78. The monoisotopic (exact) mass is 149 g/mol. The lowest BCUT2D eigenvalue weighted by molar-refractivity contribution is 0.790. The van der Waals surface area contributed by atoms with Crippen LogP contribution in [0.1, 0.15) is 31.3 Å². The smallest absolute Gasteiger partial charge is 0.108 e. The number of rotatable bonds is 2. The van der Waals surface area contributed by atoms with E-state index in [-0.39, 0.29) is 0 Å². The first-order valence-electron chi connectivity index (χ1n) is 3.64. The molecule has 3 nitrogen and oxygen atoms in total. The molecule has 0 unspecified atom stereocenters. The normalized spacial score (nSPS) is 10.0. The van der Waals surface area contributed by atoms with Crippen LogP contribution in [0.3, 0.4) is 0 Å². The highest BCUT2D eigenvalue weighted by atomic mass is 14.9. The van der Waals surface area contributed by atoms with Crippen molar-refractivity contribution in [3.05, 3.63) is 17.7 Å². The Bertz CT molecular complexity index is 267. The van der Waals surface area contributed by atoms with Gasteiger partial charge in [-0.1, -0.05) is 13.8 Å². The first kappa shape index (κ1) is 7.80. The Balaban J connectivity index is 2.75. The number of aromatic nitrogens is 2. The van der Waals surface area contributed by atoms with Crippen molar-refractivity contribution in [2.45, 2.75) is 26.2 Å². The minimum atomic E-state index is 0.405. The van der Waals surface area contributed by atoms with Crippen LogP contribution in [0.4, 0.5) is 0 Å². The molecule has 0 atom stereocenters. The highest BCUT2D eigenvalue weighted by Crippen LogP contribution is 2.09. The number of nitrogens with zero attached hydrogens (tertiary/aromatic N) is 2. The van der Waals surface area contributed by atoms with E-state index in [9.17, 15) is 0 Å². The predicted molar refractivity (Wildman–Crippen MR) is 42.0 cm³/mol. The summed E-state index contributed by atoms with van der Waals surface area (Å²) in [7, 11) is 0. The van der Waals surface area contributed by atoms with Crippen LogP contribution in [-0.2, 0) is 6.42 Å². The summed E-state index contributed by atoms with van der Waals surface area (Å²) in [5, 5.41) is 8.37. The van der Waals surface area contributed by atoms with E-state index in [4.69, 9.17) is 5.26 Å². The second kappa shape index (κ2) is 3.20. The number of nitriles is 1. The predicted octanol–water partition coefficient (Wildman–Crippen LogP) is 1.60. The molecule has 3 heteroatoms. The topological polar surface area (TPSA) is 52.5 Å². The van der Waals surface area contributed by atoms with E-state index in [1.807, 2.05) is 0 Å². The Morgan fingerprint density at radius 2 is 2.45 bits per heavy atom. The van der Waals surface area contributed by atoms with Gasteiger partial charge in [-0.25, -0.2) is 4.98 Å². The van der Waals surface area contributed by atoms with E-state index >= 15 is 0 Å². The van der Waals surface area contributed by atoms with Crippen molar-refractivity contribution in [1.82, 2.24) is 9.97 Å². The van der Waals surface area contributed by atoms with Crippen LogP contribution in [0.15, 0.2) is 6.20 Å². The maximum absolute atomic E-state index is 8.37. The van der Waals surface area contributed by atoms with Crippen molar-refractivity contribution in [3.8, 4) is 6.07 Å². The van der Waals surface area contributed by atoms with E-state index in [1.165, 1.54) is 0 Å². The van der Waals surface area contributed by atoms with Gasteiger partial charge in [0.25, 0.3) is 0 Å². The highest BCUT2D eigenvalue weighted by molar-refractivity contribution is 5.07. The van der Waals surface area contributed by atoms with Gasteiger partial charge in [0.15, 0.2) is 0 Å². The van der Waals surface area contributed by atoms with Crippen LogP contribution in [0.2, 0.25) is 0 Å². The fraction of sp³-hybridized carbons (Fsp3) is 0.500. The maximum Gasteiger partial charge on any atom is 0.108 e. The summed E-state index contributed by atoms with van der Waals surface area (Å²) in [5.41, 5.74) is 0.899. The summed E-state index contributed by atoms with van der Waals surface area (Å²) in [6.45, 7) is 4.13. The molecule has 0 spiro atoms. The molecule has 0 fully saturated rings. The Hall–Kier alpha value is -1.30. The van der Waals surface area contributed by atoms with Gasteiger partial charge >= 0.3 is 0 Å². The molecular formula is C8H11N3. The van der Waals surface area contributed by atoms with Gasteiger partial charge in [-0.05, 0) is 0 Å². The molecule has 11 heavy (non-hydrogen) atoms. The van der Waals surface area contributed by atoms with Crippen molar-refractivity contribution in [2.75, 3.05) is 0 Å². The third kappa shape index (κ3) is 1.81. The number of hydrogen-bond donors (Lipinski definition) is 1. The first-order valence-corrected chi connectivity index (χ1v) is 3.64. The fourth-order valence-electron chi connectivity index (χ4n) is 0.845. The molecule has 0 amide bonds. The molecule has 58 valence electrons. The van der Waals surface area contributed by atoms with Crippen LogP contribution in [0.25, 0.3) is 0 Å². The Morgan fingerprint density at radius 1 is 1.73 bits per heavy atom. The average Bonchev–Trinajstić information content (AvgIpc) is 2.37. The Morgan fingerprint density at radius 3 is 2.91 bits per heavy atom. The van der Waals surface area contributed by atoms with E-state index in [2.05, 4.69) is 29.9 Å². The number of aromatic amines is 1. The van der Waals surface area contributed by atoms with E-state index < -0.39 is 0 Å². The van der Waals surface area contributed by atoms with Crippen LogP contribution in [0.5, 0.6) is 0 Å². The third-order valence-electron chi connectivity index (χ3n) is 1.46. The Labute approximate surface area is 66.1 Å². The maximum atomic E-state index is 8.37. The lowest BCUT2D eigenvalue weighted by atomic mass is 10.2. The molecule has 0 saturated carbocycles. The fourth-order valence-corrected chi connectivity index (χ4v) is 0.845. The highest BCUT2D eigenvalue weighted by Gasteiger charge is 2.02. The van der Waals surface area contributed by atoms with Crippen LogP contribution in [0, 0.1) is 11.3 Å². The zero-order chi connectivity index (χ0) is 8.27. The molecule has 0 aliphatic carbocycles. The van der Waals surface area contributed by atoms with Gasteiger partial charge in [0.2, 0.25) is 0 Å². The number of H-pyrrole nitrogens is 1. The molecule has 0 bridgehead atoms. The largest absolute Gasteiger partial charge is 0.345 e. The molecule has 0 aliphatic heterocycles. The van der Waals surface area contributed by atoms with Crippen LogP contribution < -0.4 is 0 Å². The third-order valence-corrected chi connectivity index (χ3v) is 1.46. The summed E-state index contributed by atoms with van der Waals surface area (Å²) in [4.78, 5) is 7.21. The van der Waals surface area contributed by atoms with Gasteiger partial charge in [-0.15, -0.1) is 0 Å². The van der Waals surface area contributed by atoms with E-state index in [0.29, 0.717) is 12.3 Å². The van der Waals surface area contributed by atoms with E-state index in [0.717, 1.165) is 11.5 Å². The molecule has 0 aliphatic rings. The number of hydrogen-bond acceptors (Lipinski definition) is 2. The molecule has 1 aromatic rings. The van der Waals surface area contributed by atoms with Crippen molar-refractivity contribution in [3.63, 3.8) is 0 Å². The SMILES string of the molecule is CC(C)c1ncc(CC#N)[nH]1. The number of nitrogens with one attached hydrogen (secondary N) is 1. The summed E-state index contributed by atoms with van der Waals surface area (Å²) in [6, 6.07) is 2.06. The van der Waals surface area contributed by atoms with Gasteiger partial charge in [0.1, 0.15) is 5.82 Å². The standard InChI is InChI=1S/C8H11N3/c1-6(2)8-10-5-7(11-8)3-4-9/h5-6H,3H2,1-2H3,(H,10,11). The summed E-state index contributed by atoms with van der Waals surface area (Å²) < 4.78 is 0. The van der Waals surface area contributed by atoms with Crippen molar-refractivity contribution < 1.29 is 0 Å². The van der Waals surface area contributed by atoms with Gasteiger partial charge < -0.3 is 4.98 Å². The molecule has 0 aromatic carbocycles. The number of imidazole rings is 1. The van der Waals surface area contributed by atoms with Crippen molar-refractivity contribution in [2.24, 2.45) is 0 Å². The molecule has 1 aromatic heterocycles. The van der Waals surface area contributed by atoms with Crippen LogP contribution in [-0.4, -0.2) is 9.97 Å².